The van der Waals surface area contributed by atoms with Gasteiger partial charge in [0.2, 0.25) is 0 Å². The third-order valence-electron chi connectivity index (χ3n) is 3.09. The van der Waals surface area contributed by atoms with E-state index in [1.54, 1.807) is 36.4 Å². The van der Waals surface area contributed by atoms with Gasteiger partial charge in [0.15, 0.2) is 6.61 Å². The lowest BCUT2D eigenvalue weighted by atomic mass is 10.2. The average Bonchev–Trinajstić information content (AvgIpc) is 2.58. The summed E-state index contributed by atoms with van der Waals surface area (Å²) in [5.41, 5.74) is 0.551. The van der Waals surface area contributed by atoms with Crippen LogP contribution in [0.3, 0.4) is 0 Å². The maximum Gasteiger partial charge on any atom is 0.258 e. The highest BCUT2D eigenvalue weighted by molar-refractivity contribution is 9.10. The summed E-state index contributed by atoms with van der Waals surface area (Å²) in [6.07, 6.45) is 0. The smallest absolute Gasteiger partial charge is 0.258 e. The Morgan fingerprint density at radius 3 is 2.36 bits per heavy atom. The van der Waals surface area contributed by atoms with Crippen LogP contribution < -0.4 is 15.4 Å². The summed E-state index contributed by atoms with van der Waals surface area (Å²) in [6.45, 7) is 0.420. The first-order valence-corrected chi connectivity index (χ1v) is 8.89. The molecule has 5 nitrogen and oxygen atoms in total. The molecule has 2 aromatic carbocycles. The van der Waals surface area contributed by atoms with Gasteiger partial charge in [-0.15, -0.1) is 0 Å². The Labute approximate surface area is 163 Å². The van der Waals surface area contributed by atoms with Gasteiger partial charge in [-0.25, -0.2) is 0 Å². The summed E-state index contributed by atoms with van der Waals surface area (Å²) in [6, 6.07) is 11.7. The van der Waals surface area contributed by atoms with Crippen LogP contribution in [0.15, 0.2) is 46.9 Å². The largest absolute Gasteiger partial charge is 0.482 e. The minimum atomic E-state index is -0.316. The van der Waals surface area contributed by atoms with Crippen molar-refractivity contribution in [2.75, 3.05) is 19.7 Å². The second-order valence-electron chi connectivity index (χ2n) is 4.98. The molecule has 0 aliphatic heterocycles. The van der Waals surface area contributed by atoms with Gasteiger partial charge in [-0.3, -0.25) is 9.59 Å². The molecule has 2 N–H and O–H groups in total. The van der Waals surface area contributed by atoms with Crippen molar-refractivity contribution in [1.29, 1.82) is 0 Å². The average molecular weight is 446 g/mol. The number of hydrogen-bond acceptors (Lipinski definition) is 3. The van der Waals surface area contributed by atoms with Gasteiger partial charge in [0.05, 0.1) is 5.02 Å². The molecule has 0 radical (unpaired) electrons. The number of benzene rings is 2. The Kier molecular flexibility index (Phi) is 7.55. The lowest BCUT2D eigenvalue weighted by molar-refractivity contribution is -0.123. The van der Waals surface area contributed by atoms with Gasteiger partial charge in [0.1, 0.15) is 5.75 Å². The molecule has 0 bridgehead atoms. The fraction of sp³-hybridized carbons (Fsp3) is 0.176. The number of hydrogen-bond donors (Lipinski definition) is 2. The van der Waals surface area contributed by atoms with E-state index in [0.717, 1.165) is 4.47 Å². The molecule has 0 heterocycles. The van der Waals surface area contributed by atoms with Crippen molar-refractivity contribution >= 4 is 50.9 Å². The molecular formula is C17H15BrCl2N2O3. The monoisotopic (exact) mass is 444 g/mol. The van der Waals surface area contributed by atoms with E-state index < -0.39 is 0 Å². The molecule has 0 saturated carbocycles. The Morgan fingerprint density at radius 2 is 1.68 bits per heavy atom. The van der Waals surface area contributed by atoms with Crippen LogP contribution in [0.25, 0.3) is 0 Å². The predicted molar refractivity (Wildman–Crippen MR) is 101 cm³/mol. The van der Waals surface area contributed by atoms with Crippen LogP contribution in [-0.4, -0.2) is 31.5 Å². The SMILES string of the molecule is O=C(COc1ccc(Cl)cc1Cl)NCCNC(=O)c1ccc(Br)cc1. The van der Waals surface area contributed by atoms with E-state index in [4.69, 9.17) is 27.9 Å². The Hall–Kier alpha value is -1.76. The van der Waals surface area contributed by atoms with Gasteiger partial charge in [-0.1, -0.05) is 39.1 Å². The second kappa shape index (κ2) is 9.65. The number of carbonyl (C=O) groups is 2. The highest BCUT2D eigenvalue weighted by Crippen LogP contribution is 2.27. The maximum atomic E-state index is 11.9. The Morgan fingerprint density at radius 1 is 1.00 bits per heavy atom. The first-order chi connectivity index (χ1) is 12.0. The summed E-state index contributed by atoms with van der Waals surface area (Å²) in [7, 11) is 0. The third kappa shape index (κ3) is 6.57. The van der Waals surface area contributed by atoms with Crippen LogP contribution in [0.1, 0.15) is 10.4 Å². The normalized spacial score (nSPS) is 10.2. The van der Waals surface area contributed by atoms with Crippen molar-refractivity contribution in [3.8, 4) is 5.75 Å². The highest BCUT2D eigenvalue weighted by atomic mass is 79.9. The molecule has 2 aromatic rings. The van der Waals surface area contributed by atoms with E-state index in [9.17, 15) is 9.59 Å². The third-order valence-corrected chi connectivity index (χ3v) is 4.15. The van der Waals surface area contributed by atoms with Crippen LogP contribution >= 0.6 is 39.1 Å². The molecule has 2 amide bonds. The minimum Gasteiger partial charge on any atom is -0.482 e. The summed E-state index contributed by atoms with van der Waals surface area (Å²) in [4.78, 5) is 23.6. The molecule has 0 aliphatic carbocycles. The van der Waals surface area contributed by atoms with Crippen LogP contribution in [0, 0.1) is 0 Å². The number of nitrogens with one attached hydrogen (secondary N) is 2. The maximum absolute atomic E-state index is 11.9. The minimum absolute atomic E-state index is 0.179. The fourth-order valence-electron chi connectivity index (χ4n) is 1.87. The van der Waals surface area contributed by atoms with Crippen LogP contribution in [0.2, 0.25) is 10.0 Å². The standard InChI is InChI=1S/C17H15BrCl2N2O3/c18-12-3-1-11(2-4-12)17(24)22-8-7-21-16(23)10-25-15-6-5-13(19)9-14(15)20/h1-6,9H,7-8,10H2,(H,21,23)(H,22,24). The van der Waals surface area contributed by atoms with E-state index in [1.165, 1.54) is 6.07 Å². The Balaban J connectivity index is 1.66. The first-order valence-electron chi connectivity index (χ1n) is 7.34. The summed E-state index contributed by atoms with van der Waals surface area (Å²) >= 11 is 15.0. The molecule has 0 spiro atoms. The summed E-state index contributed by atoms with van der Waals surface area (Å²) in [5.74, 6) is -0.139. The zero-order chi connectivity index (χ0) is 18.2. The zero-order valence-electron chi connectivity index (χ0n) is 13.0. The summed E-state index contributed by atoms with van der Waals surface area (Å²) in [5, 5.41) is 6.19. The predicted octanol–water partition coefficient (Wildman–Crippen LogP) is 3.68. The van der Waals surface area contributed by atoms with Gasteiger partial charge >= 0.3 is 0 Å². The van der Waals surface area contributed by atoms with E-state index in [2.05, 4.69) is 26.6 Å². The number of halogens is 3. The lowest BCUT2D eigenvalue weighted by Gasteiger charge is -2.09. The molecular weight excluding hydrogens is 431 g/mol. The molecule has 8 heteroatoms. The molecule has 0 aromatic heterocycles. The van der Waals surface area contributed by atoms with Crippen LogP contribution in [-0.2, 0) is 4.79 Å². The van der Waals surface area contributed by atoms with E-state index in [1.807, 2.05) is 0 Å². The van der Waals surface area contributed by atoms with Crippen LogP contribution in [0.4, 0.5) is 0 Å². The fourth-order valence-corrected chi connectivity index (χ4v) is 2.60. The molecule has 0 saturated heterocycles. The van der Waals surface area contributed by atoms with Crippen LogP contribution in [0.5, 0.6) is 5.75 Å². The zero-order valence-corrected chi connectivity index (χ0v) is 16.1. The van der Waals surface area contributed by atoms with E-state index >= 15 is 0 Å². The molecule has 0 aliphatic rings. The van der Waals surface area contributed by atoms with Crippen molar-refractivity contribution < 1.29 is 14.3 Å². The molecule has 0 atom stereocenters. The van der Waals surface area contributed by atoms with Gasteiger partial charge < -0.3 is 15.4 Å². The van der Waals surface area contributed by atoms with Gasteiger partial charge in [-0.05, 0) is 42.5 Å². The van der Waals surface area contributed by atoms with Crippen molar-refractivity contribution in [3.05, 3.63) is 62.5 Å². The number of carbonyl (C=O) groups excluding carboxylic acids is 2. The number of rotatable bonds is 7. The van der Waals surface area contributed by atoms with Crippen molar-refractivity contribution in [1.82, 2.24) is 10.6 Å². The first kappa shape index (κ1) is 19.6. The van der Waals surface area contributed by atoms with Crippen molar-refractivity contribution in [2.24, 2.45) is 0 Å². The van der Waals surface area contributed by atoms with Gasteiger partial charge in [-0.2, -0.15) is 0 Å². The molecule has 0 unspecified atom stereocenters. The molecule has 2 rings (SSSR count). The second-order valence-corrected chi connectivity index (χ2v) is 6.74. The number of amides is 2. The van der Waals surface area contributed by atoms with Crippen molar-refractivity contribution in [3.63, 3.8) is 0 Å². The van der Waals surface area contributed by atoms with Crippen molar-refractivity contribution in [2.45, 2.75) is 0 Å². The van der Waals surface area contributed by atoms with E-state index in [-0.39, 0.29) is 18.4 Å². The molecule has 25 heavy (non-hydrogen) atoms. The summed E-state index contributed by atoms with van der Waals surface area (Å²) < 4.78 is 6.22. The number of ether oxygens (including phenoxy) is 1. The lowest BCUT2D eigenvalue weighted by Crippen LogP contribution is -2.36. The molecule has 132 valence electrons. The van der Waals surface area contributed by atoms with E-state index in [0.29, 0.717) is 34.4 Å². The Bertz CT molecular complexity index is 754. The van der Waals surface area contributed by atoms with Gasteiger partial charge in [0, 0.05) is 28.1 Å². The highest BCUT2D eigenvalue weighted by Gasteiger charge is 2.07. The quantitative estimate of drug-likeness (QED) is 0.638. The van der Waals surface area contributed by atoms with Gasteiger partial charge in [0.25, 0.3) is 11.8 Å². The molecule has 0 fully saturated rings. The topological polar surface area (TPSA) is 67.4 Å².